The average Bonchev–Trinajstić information content (AvgIpc) is 3.75. The van der Waals surface area contributed by atoms with E-state index in [1.54, 1.807) is 30.0 Å². The molecule has 4 heterocycles. The number of halogens is 2. The third kappa shape index (κ3) is 3.97. The fraction of sp³-hybridized carbons (Fsp3) is 0.167. The summed E-state index contributed by atoms with van der Waals surface area (Å²) < 4.78 is 42.8. The molecule has 1 amide bonds. The lowest BCUT2D eigenvalue weighted by Crippen LogP contribution is -2.24. The summed E-state index contributed by atoms with van der Waals surface area (Å²) in [4.78, 5) is 28.2. The molecule has 4 aromatic carbocycles. The number of hydrogen-bond acceptors (Lipinski definition) is 4. The highest BCUT2D eigenvalue weighted by atomic mass is 19.1. The minimum atomic E-state index is -0.386. The van der Waals surface area contributed by atoms with Gasteiger partial charge in [0.15, 0.2) is 12.5 Å². The van der Waals surface area contributed by atoms with Crippen molar-refractivity contribution in [3.63, 3.8) is 0 Å². The molecule has 0 bridgehead atoms. The zero-order valence-electron chi connectivity index (χ0n) is 23.8. The number of Topliss-reactive ketones (excluding diaryl/α,β-unsaturated/α-hetero) is 1. The van der Waals surface area contributed by atoms with Gasteiger partial charge in [-0.05, 0) is 72.6 Å². The normalized spacial score (nSPS) is 14.2. The third-order valence-electron chi connectivity index (χ3n) is 8.69. The molecule has 0 saturated carbocycles. The Labute approximate surface area is 251 Å². The number of ketones is 1. The van der Waals surface area contributed by atoms with Crippen LogP contribution in [0.2, 0.25) is 0 Å². The standard InChI is InChI=1S/C36H26F2N2O4/c1-2-31(41)35-26-16-23(21-10-13-32-25(15-21)29-17-24-27(38)5-3-6-28(24)40(29)19-43-32)30(39-14-4-7-34(39)42)18-33(26)44-36(35)20-8-11-22(37)12-9-20/h3,5-6,8-13,15-18H,2,4,7,14,19H2,1H3. The fourth-order valence-corrected chi connectivity index (χ4v) is 6.52. The van der Waals surface area contributed by atoms with Crippen molar-refractivity contribution in [2.75, 3.05) is 11.4 Å². The maximum absolute atomic E-state index is 14.7. The van der Waals surface area contributed by atoms with E-state index in [4.69, 9.17) is 9.15 Å². The molecule has 0 atom stereocenters. The Balaban J connectivity index is 1.37. The van der Waals surface area contributed by atoms with Crippen molar-refractivity contribution >= 4 is 39.2 Å². The second-order valence-corrected chi connectivity index (χ2v) is 11.2. The van der Waals surface area contributed by atoms with E-state index >= 15 is 0 Å². The Morgan fingerprint density at radius 2 is 1.73 bits per heavy atom. The van der Waals surface area contributed by atoms with E-state index in [9.17, 15) is 18.4 Å². The van der Waals surface area contributed by atoms with Crippen LogP contribution < -0.4 is 9.64 Å². The Morgan fingerprint density at radius 1 is 0.909 bits per heavy atom. The quantitative estimate of drug-likeness (QED) is 0.189. The van der Waals surface area contributed by atoms with Gasteiger partial charge in [-0.15, -0.1) is 0 Å². The summed E-state index contributed by atoms with van der Waals surface area (Å²) in [6.45, 7) is 2.61. The molecule has 6 nitrogen and oxygen atoms in total. The van der Waals surface area contributed by atoms with E-state index in [0.717, 1.165) is 34.3 Å². The van der Waals surface area contributed by atoms with Crippen LogP contribution in [0.15, 0.2) is 83.3 Å². The van der Waals surface area contributed by atoms with Gasteiger partial charge in [0.25, 0.3) is 0 Å². The number of aromatic nitrogens is 1. The lowest BCUT2D eigenvalue weighted by molar-refractivity contribution is -0.117. The average molecular weight is 589 g/mol. The number of benzene rings is 4. The summed E-state index contributed by atoms with van der Waals surface area (Å²) in [5.41, 5.74) is 6.10. The van der Waals surface area contributed by atoms with Crippen molar-refractivity contribution in [2.45, 2.75) is 32.9 Å². The zero-order chi connectivity index (χ0) is 30.1. The van der Waals surface area contributed by atoms with Crippen LogP contribution in [-0.4, -0.2) is 22.8 Å². The van der Waals surface area contributed by atoms with E-state index < -0.39 is 0 Å². The summed E-state index contributed by atoms with van der Waals surface area (Å²) in [5, 5.41) is 1.13. The first-order valence-electron chi connectivity index (χ1n) is 14.7. The number of rotatable bonds is 5. The van der Waals surface area contributed by atoms with E-state index in [0.29, 0.717) is 57.6 Å². The fourth-order valence-electron chi connectivity index (χ4n) is 6.52. The van der Waals surface area contributed by atoms with Crippen molar-refractivity contribution < 1.29 is 27.5 Å². The lowest BCUT2D eigenvalue weighted by atomic mass is 9.94. The Morgan fingerprint density at radius 3 is 2.50 bits per heavy atom. The Kier molecular flexibility index (Phi) is 5.94. The second kappa shape index (κ2) is 9.91. The molecular weight excluding hydrogens is 562 g/mol. The van der Waals surface area contributed by atoms with Crippen LogP contribution in [0, 0.1) is 11.6 Å². The lowest BCUT2D eigenvalue weighted by Gasteiger charge is -2.23. The second-order valence-electron chi connectivity index (χ2n) is 11.2. The van der Waals surface area contributed by atoms with Gasteiger partial charge in [0.1, 0.15) is 28.7 Å². The largest absolute Gasteiger partial charge is 0.472 e. The van der Waals surface area contributed by atoms with Crippen LogP contribution in [0.25, 0.3) is 55.6 Å². The predicted octanol–water partition coefficient (Wildman–Crippen LogP) is 8.74. The van der Waals surface area contributed by atoms with Crippen molar-refractivity contribution in [3.05, 3.63) is 96.1 Å². The first kappa shape index (κ1) is 26.4. The smallest absolute Gasteiger partial charge is 0.227 e. The molecular formula is C36H26F2N2O4. The summed E-state index contributed by atoms with van der Waals surface area (Å²) in [7, 11) is 0. The zero-order valence-corrected chi connectivity index (χ0v) is 23.8. The molecule has 0 N–H and O–H groups in total. The molecule has 2 aromatic heterocycles. The van der Waals surface area contributed by atoms with Gasteiger partial charge in [-0.25, -0.2) is 8.78 Å². The summed E-state index contributed by atoms with van der Waals surface area (Å²) in [6.07, 6.45) is 1.43. The Hall–Kier alpha value is -5.24. The maximum atomic E-state index is 14.7. The van der Waals surface area contributed by atoms with E-state index in [2.05, 4.69) is 0 Å². The van der Waals surface area contributed by atoms with Crippen LogP contribution in [0.4, 0.5) is 14.5 Å². The molecule has 0 aliphatic carbocycles. The molecule has 218 valence electrons. The molecule has 6 aromatic rings. The highest BCUT2D eigenvalue weighted by molar-refractivity contribution is 6.14. The van der Waals surface area contributed by atoms with Crippen LogP contribution in [0.3, 0.4) is 0 Å². The number of carbonyl (C=O) groups is 2. The van der Waals surface area contributed by atoms with Gasteiger partial charge in [0.05, 0.1) is 22.5 Å². The monoisotopic (exact) mass is 588 g/mol. The maximum Gasteiger partial charge on any atom is 0.227 e. The van der Waals surface area contributed by atoms with Crippen LogP contribution in [-0.2, 0) is 11.5 Å². The molecule has 8 rings (SSSR count). The topological polar surface area (TPSA) is 64.7 Å². The number of anilines is 1. The van der Waals surface area contributed by atoms with Crippen LogP contribution in [0.1, 0.15) is 36.5 Å². The van der Waals surface area contributed by atoms with Crippen molar-refractivity contribution in [2.24, 2.45) is 0 Å². The van der Waals surface area contributed by atoms with Crippen molar-refractivity contribution in [1.82, 2.24) is 4.57 Å². The molecule has 2 aliphatic heterocycles. The van der Waals surface area contributed by atoms with Gasteiger partial charge in [-0.3, -0.25) is 9.59 Å². The van der Waals surface area contributed by atoms with Gasteiger partial charge >= 0.3 is 0 Å². The third-order valence-corrected chi connectivity index (χ3v) is 8.69. The highest BCUT2D eigenvalue weighted by Gasteiger charge is 2.29. The van der Waals surface area contributed by atoms with E-state index in [-0.39, 0.29) is 36.5 Å². The number of carbonyl (C=O) groups excluding carboxylic acids is 2. The first-order chi connectivity index (χ1) is 21.4. The number of hydrogen-bond donors (Lipinski definition) is 0. The molecule has 1 saturated heterocycles. The van der Waals surface area contributed by atoms with E-state index in [1.807, 2.05) is 47.0 Å². The Bertz CT molecular complexity index is 2160. The SMILES string of the molecule is CCC(=O)c1c(-c2ccc(F)cc2)oc2cc(N3CCCC3=O)c(-c3ccc4c(c3)-c3cc5c(F)cccc5n3CO4)cc12. The summed E-state index contributed by atoms with van der Waals surface area (Å²) in [5.74, 6) is 0.263. The van der Waals surface area contributed by atoms with Gasteiger partial charge in [-0.2, -0.15) is 0 Å². The molecule has 0 radical (unpaired) electrons. The highest BCUT2D eigenvalue weighted by Crippen LogP contribution is 2.45. The molecule has 44 heavy (non-hydrogen) atoms. The van der Waals surface area contributed by atoms with E-state index in [1.165, 1.54) is 18.2 Å². The van der Waals surface area contributed by atoms with Crippen LogP contribution >= 0.6 is 0 Å². The molecule has 2 aliphatic rings. The number of ether oxygens (including phenoxy) is 1. The number of fused-ring (bicyclic) bond motifs is 6. The van der Waals surface area contributed by atoms with Crippen LogP contribution in [0.5, 0.6) is 5.75 Å². The number of furan rings is 1. The summed E-state index contributed by atoms with van der Waals surface area (Å²) in [6, 6.07) is 22.3. The predicted molar refractivity (Wildman–Crippen MR) is 165 cm³/mol. The van der Waals surface area contributed by atoms with Gasteiger partial charge in [0, 0.05) is 52.9 Å². The molecule has 8 heteroatoms. The summed E-state index contributed by atoms with van der Waals surface area (Å²) >= 11 is 0. The number of nitrogens with zero attached hydrogens (tertiary/aromatic N) is 2. The van der Waals surface area contributed by atoms with Gasteiger partial charge in [-0.1, -0.05) is 19.1 Å². The van der Waals surface area contributed by atoms with Gasteiger partial charge < -0.3 is 18.6 Å². The molecule has 1 fully saturated rings. The van der Waals surface area contributed by atoms with Gasteiger partial charge in [0.2, 0.25) is 5.91 Å². The van der Waals surface area contributed by atoms with Crippen molar-refractivity contribution in [3.8, 4) is 39.5 Å². The molecule has 0 spiro atoms. The number of amides is 1. The first-order valence-corrected chi connectivity index (χ1v) is 14.7. The minimum Gasteiger partial charge on any atom is -0.472 e. The minimum absolute atomic E-state index is 0.0117. The van der Waals surface area contributed by atoms with Crippen molar-refractivity contribution in [1.29, 1.82) is 0 Å². The molecule has 0 unspecified atom stereocenters.